The minimum Gasteiger partial charge on any atom is -0.253 e. The summed E-state index contributed by atoms with van der Waals surface area (Å²) in [7, 11) is 0. The molecule has 0 N–H and O–H groups in total. The fraction of sp³-hybridized carbons (Fsp3) is 0.182. The molecule has 0 spiro atoms. The third kappa shape index (κ3) is 1.34. The van der Waals surface area contributed by atoms with Gasteiger partial charge >= 0.3 is 0 Å². The van der Waals surface area contributed by atoms with E-state index < -0.39 is 0 Å². The van der Waals surface area contributed by atoms with Gasteiger partial charge in [-0.3, -0.25) is 4.98 Å². The summed E-state index contributed by atoms with van der Waals surface area (Å²) in [6.07, 6.45) is 1.85. The van der Waals surface area contributed by atoms with Crippen molar-refractivity contribution < 1.29 is 0 Å². The van der Waals surface area contributed by atoms with Gasteiger partial charge in [-0.25, -0.2) is 9.50 Å². The van der Waals surface area contributed by atoms with Crippen LogP contribution < -0.4 is 0 Å². The van der Waals surface area contributed by atoms with Crippen molar-refractivity contribution in [3.63, 3.8) is 0 Å². The van der Waals surface area contributed by atoms with E-state index in [0.29, 0.717) is 11.7 Å². The fourth-order valence-electron chi connectivity index (χ4n) is 1.75. The smallest absolute Gasteiger partial charge is 0.166 e. The molecule has 3 heterocycles. The molecule has 0 atom stereocenters. The summed E-state index contributed by atoms with van der Waals surface area (Å²) in [5.41, 5.74) is 2.73. The van der Waals surface area contributed by atoms with E-state index in [0.717, 1.165) is 22.2 Å². The molecule has 0 unspecified atom stereocenters. The van der Waals surface area contributed by atoms with E-state index in [1.54, 1.807) is 4.52 Å². The lowest BCUT2D eigenvalue weighted by Crippen LogP contribution is -1.90. The van der Waals surface area contributed by atoms with Gasteiger partial charge in [-0.05, 0) is 25.1 Å². The number of halogens is 1. The quantitative estimate of drug-likeness (QED) is 0.605. The zero-order chi connectivity index (χ0) is 11.1. The van der Waals surface area contributed by atoms with Gasteiger partial charge in [0.25, 0.3) is 0 Å². The van der Waals surface area contributed by atoms with Crippen LogP contribution in [0.25, 0.3) is 16.6 Å². The molecule has 0 aliphatic heterocycles. The van der Waals surface area contributed by atoms with E-state index in [1.807, 2.05) is 31.3 Å². The SMILES string of the molecule is Cc1ccc2c(ccn3nc(CCl)nc23)n1. The molecule has 3 aromatic heterocycles. The standard InChI is InChI=1S/C11H9ClN4/c1-7-2-3-8-9(13-7)4-5-16-11(8)14-10(6-12)15-16/h2-5H,6H2,1H3. The maximum absolute atomic E-state index is 5.72. The van der Waals surface area contributed by atoms with Crippen molar-refractivity contribution >= 4 is 28.2 Å². The topological polar surface area (TPSA) is 43.1 Å². The maximum Gasteiger partial charge on any atom is 0.166 e. The molecule has 0 bridgehead atoms. The van der Waals surface area contributed by atoms with Crippen LogP contribution in [0.2, 0.25) is 0 Å². The number of rotatable bonds is 1. The van der Waals surface area contributed by atoms with Crippen LogP contribution in [0.3, 0.4) is 0 Å². The zero-order valence-electron chi connectivity index (χ0n) is 8.68. The number of hydrogen-bond acceptors (Lipinski definition) is 3. The third-order valence-corrected chi connectivity index (χ3v) is 2.71. The number of alkyl halides is 1. The Kier molecular flexibility index (Phi) is 2.04. The summed E-state index contributed by atoms with van der Waals surface area (Å²) in [6.45, 7) is 1.97. The lowest BCUT2D eigenvalue weighted by atomic mass is 10.2. The average molecular weight is 233 g/mol. The average Bonchev–Trinajstić information content (AvgIpc) is 2.71. The van der Waals surface area contributed by atoms with Gasteiger partial charge in [-0.1, -0.05) is 0 Å². The van der Waals surface area contributed by atoms with E-state index in [1.165, 1.54) is 0 Å². The number of fused-ring (bicyclic) bond motifs is 3. The number of hydrogen-bond donors (Lipinski definition) is 0. The van der Waals surface area contributed by atoms with Gasteiger partial charge in [-0.2, -0.15) is 0 Å². The second-order valence-electron chi connectivity index (χ2n) is 3.63. The van der Waals surface area contributed by atoms with Crippen molar-refractivity contribution in [3.05, 3.63) is 35.9 Å². The zero-order valence-corrected chi connectivity index (χ0v) is 9.44. The second-order valence-corrected chi connectivity index (χ2v) is 3.90. The fourth-order valence-corrected chi connectivity index (χ4v) is 1.86. The molecule has 0 aliphatic rings. The normalized spacial score (nSPS) is 11.4. The first kappa shape index (κ1) is 9.54. The molecule has 0 radical (unpaired) electrons. The van der Waals surface area contributed by atoms with Crippen molar-refractivity contribution in [2.75, 3.05) is 0 Å². The Labute approximate surface area is 96.9 Å². The molecule has 4 nitrogen and oxygen atoms in total. The van der Waals surface area contributed by atoms with Crippen LogP contribution in [0, 0.1) is 6.92 Å². The van der Waals surface area contributed by atoms with Crippen molar-refractivity contribution in [1.82, 2.24) is 19.6 Å². The monoisotopic (exact) mass is 232 g/mol. The van der Waals surface area contributed by atoms with Crippen LogP contribution in [0.4, 0.5) is 0 Å². The van der Waals surface area contributed by atoms with Crippen molar-refractivity contribution in [1.29, 1.82) is 0 Å². The van der Waals surface area contributed by atoms with Crippen LogP contribution in [0.1, 0.15) is 11.5 Å². The summed E-state index contributed by atoms with van der Waals surface area (Å²) in [5, 5.41) is 5.25. The van der Waals surface area contributed by atoms with Gasteiger partial charge in [0.15, 0.2) is 11.5 Å². The van der Waals surface area contributed by atoms with Crippen LogP contribution >= 0.6 is 11.6 Å². The Bertz CT molecular complexity index is 674. The molecule has 0 aliphatic carbocycles. The first-order valence-electron chi connectivity index (χ1n) is 4.95. The first-order valence-corrected chi connectivity index (χ1v) is 5.49. The molecule has 0 fully saturated rings. The molecular weight excluding hydrogens is 224 g/mol. The summed E-state index contributed by atoms with van der Waals surface area (Å²) >= 11 is 5.72. The van der Waals surface area contributed by atoms with Crippen LogP contribution in [-0.2, 0) is 5.88 Å². The highest BCUT2D eigenvalue weighted by atomic mass is 35.5. The maximum atomic E-state index is 5.72. The van der Waals surface area contributed by atoms with Crippen molar-refractivity contribution in [3.8, 4) is 0 Å². The minimum absolute atomic E-state index is 0.322. The number of aromatic nitrogens is 4. The van der Waals surface area contributed by atoms with E-state index in [9.17, 15) is 0 Å². The van der Waals surface area contributed by atoms with E-state index in [2.05, 4.69) is 15.1 Å². The summed E-state index contributed by atoms with van der Waals surface area (Å²) < 4.78 is 1.73. The first-order chi connectivity index (χ1) is 7.78. The molecule has 80 valence electrons. The van der Waals surface area contributed by atoms with Gasteiger partial charge in [0.1, 0.15) is 0 Å². The van der Waals surface area contributed by atoms with Crippen LogP contribution in [-0.4, -0.2) is 19.6 Å². The molecule has 0 saturated heterocycles. The summed E-state index contributed by atoms with van der Waals surface area (Å²) in [6, 6.07) is 5.92. The molecular formula is C11H9ClN4. The molecule has 5 heteroatoms. The highest BCUT2D eigenvalue weighted by Crippen LogP contribution is 2.17. The molecule has 0 saturated carbocycles. The molecule has 0 amide bonds. The predicted molar refractivity (Wildman–Crippen MR) is 62.6 cm³/mol. The Hall–Kier alpha value is -1.68. The number of pyridine rings is 2. The molecule has 3 rings (SSSR count). The van der Waals surface area contributed by atoms with Crippen molar-refractivity contribution in [2.45, 2.75) is 12.8 Å². The summed E-state index contributed by atoms with van der Waals surface area (Å²) in [5.74, 6) is 0.956. The van der Waals surface area contributed by atoms with Crippen LogP contribution in [0.15, 0.2) is 24.4 Å². The van der Waals surface area contributed by atoms with Gasteiger partial charge in [0, 0.05) is 17.3 Å². The lowest BCUT2D eigenvalue weighted by Gasteiger charge is -1.99. The van der Waals surface area contributed by atoms with Crippen LogP contribution in [0.5, 0.6) is 0 Å². The van der Waals surface area contributed by atoms with Gasteiger partial charge < -0.3 is 0 Å². The predicted octanol–water partition coefficient (Wildman–Crippen LogP) is 2.32. The van der Waals surface area contributed by atoms with E-state index >= 15 is 0 Å². The second kappa shape index (κ2) is 3.42. The van der Waals surface area contributed by atoms with Crippen molar-refractivity contribution in [2.24, 2.45) is 0 Å². The number of aryl methyl sites for hydroxylation is 1. The van der Waals surface area contributed by atoms with E-state index in [4.69, 9.17) is 11.6 Å². The summed E-state index contributed by atoms with van der Waals surface area (Å²) in [4.78, 5) is 8.82. The lowest BCUT2D eigenvalue weighted by molar-refractivity contribution is 0.925. The van der Waals surface area contributed by atoms with Gasteiger partial charge in [-0.15, -0.1) is 16.7 Å². The minimum atomic E-state index is 0.322. The Morgan fingerprint density at radius 2 is 2.12 bits per heavy atom. The molecule has 16 heavy (non-hydrogen) atoms. The Morgan fingerprint density at radius 3 is 2.94 bits per heavy atom. The number of nitrogens with zero attached hydrogens (tertiary/aromatic N) is 4. The third-order valence-electron chi connectivity index (χ3n) is 2.47. The van der Waals surface area contributed by atoms with Gasteiger partial charge in [0.2, 0.25) is 0 Å². The Balaban J connectivity index is 2.43. The molecule has 0 aromatic carbocycles. The highest BCUT2D eigenvalue weighted by molar-refractivity contribution is 6.16. The van der Waals surface area contributed by atoms with E-state index in [-0.39, 0.29) is 0 Å². The Morgan fingerprint density at radius 1 is 1.25 bits per heavy atom. The van der Waals surface area contributed by atoms with Gasteiger partial charge in [0.05, 0.1) is 11.4 Å². The molecule has 3 aromatic rings. The highest BCUT2D eigenvalue weighted by Gasteiger charge is 2.06. The largest absolute Gasteiger partial charge is 0.253 e.